The molecule has 2 aromatic heterocycles. The second-order valence-corrected chi connectivity index (χ2v) is 7.95. The third-order valence-corrected chi connectivity index (χ3v) is 5.51. The topological polar surface area (TPSA) is 81.3 Å². The van der Waals surface area contributed by atoms with E-state index in [9.17, 15) is 9.59 Å². The zero-order valence-corrected chi connectivity index (χ0v) is 17.8. The Morgan fingerprint density at radius 2 is 1.77 bits per heavy atom. The van der Waals surface area contributed by atoms with Gasteiger partial charge in [0, 0.05) is 15.7 Å². The number of fused-ring (bicyclic) bond motifs is 2. The van der Waals surface area contributed by atoms with Crippen molar-refractivity contribution in [1.82, 2.24) is 19.4 Å². The largest absolute Gasteiger partial charge is 0.324 e. The van der Waals surface area contributed by atoms with Crippen LogP contribution in [0.4, 0.5) is 5.69 Å². The van der Waals surface area contributed by atoms with Gasteiger partial charge in [-0.15, -0.1) is 0 Å². The van der Waals surface area contributed by atoms with Gasteiger partial charge in [-0.1, -0.05) is 58.4 Å². The van der Waals surface area contributed by atoms with Crippen LogP contribution in [-0.4, -0.2) is 25.3 Å². The molecular weight excluding hydrogens is 458 g/mol. The first-order valence-corrected chi connectivity index (χ1v) is 10.4. The molecule has 152 valence electrons. The smallest absolute Gasteiger partial charge is 0.293 e. The van der Waals surface area contributed by atoms with Gasteiger partial charge in [0.1, 0.15) is 18.4 Å². The highest BCUT2D eigenvalue weighted by Gasteiger charge is 2.14. The SMILES string of the molecule is O=C(Cn1ncn2nc(-c3cccc4ccccc34)cc2c1=O)Nc1ccc(Br)cc1. The lowest BCUT2D eigenvalue weighted by Gasteiger charge is -2.06. The van der Waals surface area contributed by atoms with Crippen molar-refractivity contribution in [3.63, 3.8) is 0 Å². The molecule has 2 heterocycles. The summed E-state index contributed by atoms with van der Waals surface area (Å²) in [6, 6.07) is 22.9. The molecule has 7 nitrogen and oxygen atoms in total. The molecule has 0 saturated heterocycles. The summed E-state index contributed by atoms with van der Waals surface area (Å²) in [5.41, 5.74) is 2.22. The zero-order valence-electron chi connectivity index (χ0n) is 16.2. The number of carbonyl (C=O) groups is 1. The maximum absolute atomic E-state index is 12.9. The number of benzene rings is 3. The van der Waals surface area contributed by atoms with Gasteiger partial charge < -0.3 is 5.32 Å². The number of rotatable bonds is 4. The monoisotopic (exact) mass is 473 g/mol. The Hall–Kier alpha value is -3.78. The number of carbonyl (C=O) groups excluding carboxylic acids is 1. The number of aromatic nitrogens is 4. The van der Waals surface area contributed by atoms with Gasteiger partial charge in [0.15, 0.2) is 0 Å². The van der Waals surface area contributed by atoms with Gasteiger partial charge in [0.2, 0.25) is 5.91 Å². The molecule has 5 aromatic rings. The van der Waals surface area contributed by atoms with E-state index in [-0.39, 0.29) is 18.0 Å². The second-order valence-electron chi connectivity index (χ2n) is 7.03. The van der Waals surface area contributed by atoms with E-state index in [1.54, 1.807) is 18.2 Å². The minimum atomic E-state index is -0.382. The van der Waals surface area contributed by atoms with Gasteiger partial charge in [-0.05, 0) is 41.1 Å². The van der Waals surface area contributed by atoms with Gasteiger partial charge in [-0.2, -0.15) is 10.2 Å². The zero-order chi connectivity index (χ0) is 21.4. The Labute approximate surface area is 185 Å². The first kappa shape index (κ1) is 19.2. The van der Waals surface area contributed by atoms with Crippen molar-refractivity contribution in [2.75, 3.05) is 5.32 Å². The molecule has 1 amide bonds. The van der Waals surface area contributed by atoms with Crippen LogP contribution in [0, 0.1) is 0 Å². The van der Waals surface area contributed by atoms with Crippen LogP contribution in [0.2, 0.25) is 0 Å². The molecule has 0 atom stereocenters. The van der Waals surface area contributed by atoms with Crippen LogP contribution in [-0.2, 0) is 11.3 Å². The van der Waals surface area contributed by atoms with Crippen LogP contribution >= 0.6 is 15.9 Å². The first-order valence-electron chi connectivity index (χ1n) is 9.57. The molecule has 0 unspecified atom stereocenters. The Morgan fingerprint density at radius 3 is 2.61 bits per heavy atom. The molecule has 0 bridgehead atoms. The van der Waals surface area contributed by atoms with Gasteiger partial charge >= 0.3 is 0 Å². The summed E-state index contributed by atoms with van der Waals surface area (Å²) in [6.45, 7) is -0.194. The quantitative estimate of drug-likeness (QED) is 0.425. The number of amides is 1. The fraction of sp³-hybridized carbons (Fsp3) is 0.0435. The lowest BCUT2D eigenvalue weighted by atomic mass is 10.0. The molecule has 0 aliphatic carbocycles. The minimum Gasteiger partial charge on any atom is -0.324 e. The van der Waals surface area contributed by atoms with Crippen molar-refractivity contribution in [2.24, 2.45) is 0 Å². The molecule has 0 aliphatic heterocycles. The average molecular weight is 474 g/mol. The van der Waals surface area contributed by atoms with Gasteiger partial charge in [0.25, 0.3) is 5.56 Å². The summed E-state index contributed by atoms with van der Waals surface area (Å²) in [4.78, 5) is 25.3. The third-order valence-electron chi connectivity index (χ3n) is 4.98. The molecule has 31 heavy (non-hydrogen) atoms. The molecule has 0 aliphatic rings. The number of anilines is 1. The standard InChI is InChI=1S/C23H16BrN5O2/c24-16-8-10-17(11-9-16)26-22(30)13-28-23(31)21-12-20(27-29(21)14-25-28)19-7-3-5-15-4-1-2-6-18(15)19/h1-12,14H,13H2,(H,26,30). The Morgan fingerprint density at radius 1 is 1.00 bits per heavy atom. The highest BCUT2D eigenvalue weighted by atomic mass is 79.9. The third kappa shape index (κ3) is 3.73. The maximum Gasteiger partial charge on any atom is 0.293 e. The summed E-state index contributed by atoms with van der Waals surface area (Å²) < 4.78 is 3.50. The minimum absolute atomic E-state index is 0.194. The lowest BCUT2D eigenvalue weighted by Crippen LogP contribution is -2.30. The Bertz CT molecular complexity index is 1480. The van der Waals surface area contributed by atoms with Crippen molar-refractivity contribution in [1.29, 1.82) is 0 Å². The fourth-order valence-corrected chi connectivity index (χ4v) is 3.77. The van der Waals surface area contributed by atoms with E-state index in [0.29, 0.717) is 16.9 Å². The summed E-state index contributed by atoms with van der Waals surface area (Å²) in [5.74, 6) is -0.338. The van der Waals surface area contributed by atoms with E-state index >= 15 is 0 Å². The Kier molecular flexibility index (Phi) is 4.83. The molecule has 0 saturated carbocycles. The van der Waals surface area contributed by atoms with Crippen molar-refractivity contribution in [3.05, 3.63) is 94.0 Å². The summed E-state index contributed by atoms with van der Waals surface area (Å²) >= 11 is 3.35. The van der Waals surface area contributed by atoms with Crippen molar-refractivity contribution < 1.29 is 4.79 Å². The molecular formula is C23H16BrN5O2. The van der Waals surface area contributed by atoms with E-state index in [1.165, 1.54) is 10.8 Å². The Balaban J connectivity index is 1.47. The average Bonchev–Trinajstić information content (AvgIpc) is 3.22. The van der Waals surface area contributed by atoms with E-state index in [1.807, 2.05) is 54.6 Å². The van der Waals surface area contributed by atoms with Crippen LogP contribution in [0.5, 0.6) is 0 Å². The fourth-order valence-electron chi connectivity index (χ4n) is 3.50. The summed E-state index contributed by atoms with van der Waals surface area (Å²) in [6.07, 6.45) is 1.44. The normalized spacial score (nSPS) is 11.1. The van der Waals surface area contributed by atoms with Crippen molar-refractivity contribution in [3.8, 4) is 11.3 Å². The summed E-state index contributed by atoms with van der Waals surface area (Å²) in [7, 11) is 0. The van der Waals surface area contributed by atoms with Crippen molar-refractivity contribution in [2.45, 2.75) is 6.54 Å². The molecule has 1 N–H and O–H groups in total. The number of hydrogen-bond acceptors (Lipinski definition) is 4. The lowest BCUT2D eigenvalue weighted by molar-refractivity contribution is -0.117. The molecule has 0 spiro atoms. The number of nitrogens with one attached hydrogen (secondary N) is 1. The highest BCUT2D eigenvalue weighted by Crippen LogP contribution is 2.27. The molecule has 0 fully saturated rings. The van der Waals surface area contributed by atoms with Gasteiger partial charge in [-0.25, -0.2) is 9.20 Å². The molecule has 0 radical (unpaired) electrons. The van der Waals surface area contributed by atoms with Crippen LogP contribution in [0.3, 0.4) is 0 Å². The van der Waals surface area contributed by atoms with Crippen LogP contribution in [0.15, 0.2) is 88.4 Å². The predicted octanol–water partition coefficient (Wildman–Crippen LogP) is 4.11. The number of halogens is 1. The van der Waals surface area contributed by atoms with Crippen LogP contribution in [0.1, 0.15) is 0 Å². The molecule has 3 aromatic carbocycles. The number of hydrogen-bond donors (Lipinski definition) is 1. The van der Waals surface area contributed by atoms with Gasteiger partial charge in [0.05, 0.1) is 5.69 Å². The van der Waals surface area contributed by atoms with E-state index in [0.717, 1.165) is 25.5 Å². The number of nitrogens with zero attached hydrogens (tertiary/aromatic N) is 4. The van der Waals surface area contributed by atoms with Crippen molar-refractivity contribution >= 4 is 43.8 Å². The van der Waals surface area contributed by atoms with Gasteiger partial charge in [-0.3, -0.25) is 9.59 Å². The second kappa shape index (κ2) is 7.81. The maximum atomic E-state index is 12.9. The van der Waals surface area contributed by atoms with E-state index < -0.39 is 0 Å². The predicted molar refractivity (Wildman–Crippen MR) is 123 cm³/mol. The summed E-state index contributed by atoms with van der Waals surface area (Å²) in [5, 5.41) is 13.5. The molecule has 5 rings (SSSR count). The van der Waals surface area contributed by atoms with Crippen LogP contribution < -0.4 is 10.9 Å². The first-order chi connectivity index (χ1) is 15.1. The highest BCUT2D eigenvalue weighted by molar-refractivity contribution is 9.10. The van der Waals surface area contributed by atoms with E-state index in [4.69, 9.17) is 0 Å². The van der Waals surface area contributed by atoms with E-state index in [2.05, 4.69) is 31.4 Å². The van der Waals surface area contributed by atoms with Crippen LogP contribution in [0.25, 0.3) is 27.5 Å². The molecule has 8 heteroatoms.